The Kier molecular flexibility index (Phi) is 4.33. The summed E-state index contributed by atoms with van der Waals surface area (Å²) < 4.78 is 0. The van der Waals surface area contributed by atoms with E-state index in [1.807, 2.05) is 0 Å². The summed E-state index contributed by atoms with van der Waals surface area (Å²) in [6, 6.07) is 4.56. The van der Waals surface area contributed by atoms with Crippen molar-refractivity contribution in [1.29, 1.82) is 0 Å². The zero-order valence-electron chi connectivity index (χ0n) is 8.88. The molecular formula is C11H11Cl2NO2. The van der Waals surface area contributed by atoms with E-state index in [4.69, 9.17) is 23.2 Å². The molecule has 1 rings (SSSR count). The minimum atomic E-state index is -0.619. The lowest BCUT2D eigenvalue weighted by atomic mass is 10.2. The number of rotatable bonds is 3. The van der Waals surface area contributed by atoms with E-state index < -0.39 is 5.24 Å². The minimum absolute atomic E-state index is 0.110. The van der Waals surface area contributed by atoms with E-state index in [2.05, 4.69) is 5.32 Å². The van der Waals surface area contributed by atoms with Crippen molar-refractivity contribution in [2.45, 2.75) is 13.8 Å². The van der Waals surface area contributed by atoms with E-state index in [-0.39, 0.29) is 22.4 Å². The molecular weight excluding hydrogens is 249 g/mol. The highest BCUT2D eigenvalue weighted by molar-refractivity contribution is 6.68. The van der Waals surface area contributed by atoms with Crippen LogP contribution in [0.2, 0.25) is 5.02 Å². The smallest absolute Gasteiger partial charge is 0.253 e. The summed E-state index contributed by atoms with van der Waals surface area (Å²) in [7, 11) is 0. The number of carbonyl (C=O) groups is 2. The zero-order chi connectivity index (χ0) is 12.3. The van der Waals surface area contributed by atoms with Gasteiger partial charge >= 0.3 is 0 Å². The Labute approximate surface area is 104 Å². The summed E-state index contributed by atoms with van der Waals surface area (Å²) in [6.45, 7) is 3.57. The summed E-state index contributed by atoms with van der Waals surface area (Å²) in [4.78, 5) is 22.3. The molecule has 3 nitrogen and oxygen atoms in total. The number of amides is 1. The molecule has 0 aliphatic carbocycles. The standard InChI is InChI=1S/C11H11Cl2NO2/c1-6(2)11(16)14-7-3-4-8(10(13)15)9(12)5-7/h3-6H,1-2H3,(H,14,16). The minimum Gasteiger partial charge on any atom is -0.326 e. The van der Waals surface area contributed by atoms with Crippen molar-refractivity contribution in [3.05, 3.63) is 28.8 Å². The molecule has 0 heterocycles. The zero-order valence-corrected chi connectivity index (χ0v) is 10.4. The van der Waals surface area contributed by atoms with Gasteiger partial charge in [0.25, 0.3) is 5.24 Å². The third-order valence-corrected chi connectivity index (χ3v) is 2.49. The van der Waals surface area contributed by atoms with Gasteiger partial charge in [-0.3, -0.25) is 9.59 Å². The van der Waals surface area contributed by atoms with Crippen LogP contribution < -0.4 is 5.32 Å². The summed E-state index contributed by atoms with van der Waals surface area (Å²) in [5.41, 5.74) is 0.774. The average molecular weight is 260 g/mol. The molecule has 1 aromatic rings. The highest BCUT2D eigenvalue weighted by Gasteiger charge is 2.11. The molecule has 0 spiro atoms. The first-order valence-electron chi connectivity index (χ1n) is 4.72. The first kappa shape index (κ1) is 13.0. The largest absolute Gasteiger partial charge is 0.326 e. The maximum absolute atomic E-state index is 11.4. The molecule has 5 heteroatoms. The molecule has 0 radical (unpaired) electrons. The topological polar surface area (TPSA) is 46.2 Å². The van der Waals surface area contributed by atoms with Gasteiger partial charge in [0.05, 0.1) is 10.6 Å². The quantitative estimate of drug-likeness (QED) is 0.847. The fourth-order valence-electron chi connectivity index (χ4n) is 1.04. The van der Waals surface area contributed by atoms with Crippen molar-refractivity contribution < 1.29 is 9.59 Å². The van der Waals surface area contributed by atoms with Gasteiger partial charge in [0.15, 0.2) is 0 Å². The van der Waals surface area contributed by atoms with E-state index in [1.165, 1.54) is 12.1 Å². The number of anilines is 1. The Morgan fingerprint density at radius 2 is 1.94 bits per heavy atom. The SMILES string of the molecule is CC(C)C(=O)Nc1ccc(C(=O)Cl)c(Cl)c1. The normalized spacial score (nSPS) is 10.3. The Morgan fingerprint density at radius 3 is 2.38 bits per heavy atom. The summed E-state index contributed by atoms with van der Waals surface area (Å²) >= 11 is 11.1. The van der Waals surface area contributed by atoms with Crippen LogP contribution in [0.3, 0.4) is 0 Å². The van der Waals surface area contributed by atoms with E-state index >= 15 is 0 Å². The van der Waals surface area contributed by atoms with Crippen LogP contribution in [-0.2, 0) is 4.79 Å². The van der Waals surface area contributed by atoms with E-state index in [1.54, 1.807) is 19.9 Å². The van der Waals surface area contributed by atoms with E-state index in [0.29, 0.717) is 5.69 Å². The van der Waals surface area contributed by atoms with Crippen molar-refractivity contribution >= 4 is 40.0 Å². The number of benzene rings is 1. The van der Waals surface area contributed by atoms with Crippen molar-refractivity contribution in [2.75, 3.05) is 5.32 Å². The Hall–Kier alpha value is -1.06. The fourth-order valence-corrected chi connectivity index (χ4v) is 1.52. The first-order chi connectivity index (χ1) is 7.41. The highest BCUT2D eigenvalue weighted by atomic mass is 35.5. The second-order valence-corrected chi connectivity index (χ2v) is 4.36. The van der Waals surface area contributed by atoms with Crippen LogP contribution in [-0.4, -0.2) is 11.1 Å². The molecule has 0 aromatic heterocycles. The number of hydrogen-bond donors (Lipinski definition) is 1. The first-order valence-corrected chi connectivity index (χ1v) is 5.47. The number of carbonyl (C=O) groups excluding carboxylic acids is 2. The van der Waals surface area contributed by atoms with Gasteiger partial charge in [-0.1, -0.05) is 25.4 Å². The third kappa shape index (κ3) is 3.22. The van der Waals surface area contributed by atoms with Crippen molar-refractivity contribution in [3.8, 4) is 0 Å². The Morgan fingerprint density at radius 1 is 1.31 bits per heavy atom. The van der Waals surface area contributed by atoms with Gasteiger partial charge in [0.2, 0.25) is 5.91 Å². The number of hydrogen-bond acceptors (Lipinski definition) is 2. The lowest BCUT2D eigenvalue weighted by Gasteiger charge is -2.08. The molecule has 1 amide bonds. The molecule has 0 unspecified atom stereocenters. The molecule has 0 aliphatic rings. The fraction of sp³-hybridized carbons (Fsp3) is 0.273. The van der Waals surface area contributed by atoms with Gasteiger partial charge in [0.1, 0.15) is 0 Å². The lowest BCUT2D eigenvalue weighted by Crippen LogP contribution is -2.17. The van der Waals surface area contributed by atoms with E-state index in [9.17, 15) is 9.59 Å². The molecule has 0 aliphatic heterocycles. The van der Waals surface area contributed by atoms with E-state index in [0.717, 1.165) is 0 Å². The maximum Gasteiger partial charge on any atom is 0.253 e. The van der Waals surface area contributed by atoms with Crippen LogP contribution in [0.15, 0.2) is 18.2 Å². The molecule has 1 N–H and O–H groups in total. The molecule has 0 fully saturated rings. The molecule has 0 bridgehead atoms. The molecule has 86 valence electrons. The highest BCUT2D eigenvalue weighted by Crippen LogP contribution is 2.22. The van der Waals surface area contributed by atoms with Crippen LogP contribution in [0.25, 0.3) is 0 Å². The predicted octanol–water partition coefficient (Wildman–Crippen LogP) is 3.31. The summed E-state index contributed by atoms with van der Waals surface area (Å²) in [6.07, 6.45) is 0. The third-order valence-electron chi connectivity index (χ3n) is 1.97. The lowest BCUT2D eigenvalue weighted by molar-refractivity contribution is -0.118. The van der Waals surface area contributed by atoms with Crippen molar-refractivity contribution in [2.24, 2.45) is 5.92 Å². The van der Waals surface area contributed by atoms with Gasteiger partial charge in [0, 0.05) is 11.6 Å². The maximum atomic E-state index is 11.4. The van der Waals surface area contributed by atoms with Crippen molar-refractivity contribution in [1.82, 2.24) is 0 Å². The molecule has 0 saturated heterocycles. The van der Waals surface area contributed by atoms with Crippen LogP contribution >= 0.6 is 23.2 Å². The molecule has 0 saturated carbocycles. The molecule has 16 heavy (non-hydrogen) atoms. The second-order valence-electron chi connectivity index (χ2n) is 3.61. The van der Waals surface area contributed by atoms with Crippen LogP contribution in [0, 0.1) is 5.92 Å². The molecule has 1 aromatic carbocycles. The Bertz CT molecular complexity index is 430. The number of nitrogens with one attached hydrogen (secondary N) is 1. The summed E-state index contributed by atoms with van der Waals surface area (Å²) in [5, 5.41) is 2.28. The predicted molar refractivity (Wildman–Crippen MR) is 65.1 cm³/mol. The average Bonchev–Trinajstić information content (AvgIpc) is 2.16. The Balaban J connectivity index is 2.90. The van der Waals surface area contributed by atoms with Gasteiger partial charge in [-0.25, -0.2) is 0 Å². The summed E-state index contributed by atoms with van der Waals surface area (Å²) in [5.74, 6) is -0.228. The van der Waals surface area contributed by atoms with Crippen LogP contribution in [0.1, 0.15) is 24.2 Å². The molecule has 0 atom stereocenters. The van der Waals surface area contributed by atoms with Gasteiger partial charge in [-0.05, 0) is 29.8 Å². The second kappa shape index (κ2) is 5.32. The van der Waals surface area contributed by atoms with Gasteiger partial charge < -0.3 is 5.32 Å². The van der Waals surface area contributed by atoms with Crippen LogP contribution in [0.5, 0.6) is 0 Å². The van der Waals surface area contributed by atoms with Crippen LogP contribution in [0.4, 0.5) is 5.69 Å². The van der Waals surface area contributed by atoms with Gasteiger partial charge in [-0.15, -0.1) is 0 Å². The van der Waals surface area contributed by atoms with Crippen molar-refractivity contribution in [3.63, 3.8) is 0 Å². The number of halogens is 2. The monoisotopic (exact) mass is 259 g/mol. The van der Waals surface area contributed by atoms with Gasteiger partial charge in [-0.2, -0.15) is 0 Å².